The number of carbonyl (C=O) groups excluding carboxylic acids is 1. The number of nitrogens with one attached hydrogen (secondary N) is 1. The average molecular weight is 224 g/mol. The monoisotopic (exact) mass is 224 g/mol. The second-order valence-corrected chi connectivity index (χ2v) is 3.95. The normalized spacial score (nSPS) is 12.4. The molecule has 90 valence electrons. The first-order valence-corrected chi connectivity index (χ1v) is 5.62. The zero-order valence-electron chi connectivity index (χ0n) is 9.94. The van der Waals surface area contributed by atoms with E-state index in [-0.39, 0.29) is 11.8 Å². The molecule has 16 heavy (non-hydrogen) atoms. The molecule has 0 aliphatic rings. The van der Waals surface area contributed by atoms with Crippen molar-refractivity contribution >= 4 is 5.91 Å². The van der Waals surface area contributed by atoms with Crippen molar-refractivity contribution in [2.24, 2.45) is 18.7 Å². The van der Waals surface area contributed by atoms with E-state index in [1.54, 1.807) is 10.9 Å². The second kappa shape index (κ2) is 6.27. The van der Waals surface area contributed by atoms with E-state index in [4.69, 9.17) is 5.73 Å². The van der Waals surface area contributed by atoms with Crippen LogP contribution in [0.1, 0.15) is 18.9 Å². The summed E-state index contributed by atoms with van der Waals surface area (Å²) >= 11 is 0. The third kappa shape index (κ3) is 3.66. The van der Waals surface area contributed by atoms with Gasteiger partial charge in [0.25, 0.3) is 0 Å². The van der Waals surface area contributed by atoms with Crippen LogP contribution in [0.3, 0.4) is 0 Å². The van der Waals surface area contributed by atoms with Crippen LogP contribution in [0.15, 0.2) is 12.4 Å². The Morgan fingerprint density at radius 2 is 2.44 bits per heavy atom. The van der Waals surface area contributed by atoms with Crippen molar-refractivity contribution in [3.63, 3.8) is 0 Å². The molecule has 1 amide bonds. The maximum atomic E-state index is 11.7. The lowest BCUT2D eigenvalue weighted by Crippen LogP contribution is -2.36. The van der Waals surface area contributed by atoms with Gasteiger partial charge in [0.15, 0.2) is 0 Å². The molecular weight excluding hydrogens is 204 g/mol. The standard InChI is InChI=1S/C11H20N4O/c1-3-4-13-11(16)10(6-12)5-9-7-14-15(2)8-9/h7-8,10H,3-6,12H2,1-2H3,(H,13,16). The Kier molecular flexibility index (Phi) is 4.98. The van der Waals surface area contributed by atoms with Crippen molar-refractivity contribution in [3.8, 4) is 0 Å². The molecular formula is C11H20N4O. The number of aryl methyl sites for hydroxylation is 1. The molecule has 0 aliphatic carbocycles. The molecule has 3 N–H and O–H groups in total. The van der Waals surface area contributed by atoms with Gasteiger partial charge in [-0.15, -0.1) is 0 Å². The number of nitrogens with two attached hydrogens (primary N) is 1. The molecule has 5 nitrogen and oxygen atoms in total. The van der Waals surface area contributed by atoms with Crippen LogP contribution in [-0.4, -0.2) is 28.8 Å². The first-order chi connectivity index (χ1) is 7.67. The lowest BCUT2D eigenvalue weighted by molar-refractivity contribution is -0.124. The molecule has 0 bridgehead atoms. The topological polar surface area (TPSA) is 72.9 Å². The third-order valence-corrected chi connectivity index (χ3v) is 2.44. The lowest BCUT2D eigenvalue weighted by Gasteiger charge is -2.13. The number of carbonyl (C=O) groups is 1. The van der Waals surface area contributed by atoms with Gasteiger partial charge in [-0.25, -0.2) is 0 Å². The van der Waals surface area contributed by atoms with Gasteiger partial charge in [0.1, 0.15) is 0 Å². The van der Waals surface area contributed by atoms with Gasteiger partial charge in [-0.2, -0.15) is 5.10 Å². The van der Waals surface area contributed by atoms with E-state index in [9.17, 15) is 4.79 Å². The molecule has 0 saturated heterocycles. The van der Waals surface area contributed by atoms with Gasteiger partial charge in [-0.3, -0.25) is 9.48 Å². The first-order valence-electron chi connectivity index (χ1n) is 5.62. The summed E-state index contributed by atoms with van der Waals surface area (Å²) in [6, 6.07) is 0. The van der Waals surface area contributed by atoms with Crippen LogP contribution in [0.4, 0.5) is 0 Å². The molecule has 1 aromatic rings. The number of aromatic nitrogens is 2. The fourth-order valence-electron chi connectivity index (χ4n) is 1.54. The van der Waals surface area contributed by atoms with Gasteiger partial charge in [0.05, 0.1) is 12.1 Å². The molecule has 1 rings (SSSR count). The van der Waals surface area contributed by atoms with Crippen molar-refractivity contribution in [1.82, 2.24) is 15.1 Å². The Morgan fingerprint density at radius 1 is 1.69 bits per heavy atom. The molecule has 1 unspecified atom stereocenters. The highest BCUT2D eigenvalue weighted by atomic mass is 16.1. The highest BCUT2D eigenvalue weighted by molar-refractivity contribution is 5.79. The van der Waals surface area contributed by atoms with E-state index in [1.165, 1.54) is 0 Å². The predicted molar refractivity (Wildman–Crippen MR) is 62.8 cm³/mol. The molecule has 0 aliphatic heterocycles. The Balaban J connectivity index is 2.51. The van der Waals surface area contributed by atoms with Crippen LogP contribution < -0.4 is 11.1 Å². The predicted octanol–water partition coefficient (Wildman–Crippen LogP) is 0.0637. The van der Waals surface area contributed by atoms with Crippen LogP contribution in [-0.2, 0) is 18.3 Å². The fourth-order valence-corrected chi connectivity index (χ4v) is 1.54. The van der Waals surface area contributed by atoms with Crippen molar-refractivity contribution in [3.05, 3.63) is 18.0 Å². The van der Waals surface area contributed by atoms with Gasteiger partial charge < -0.3 is 11.1 Å². The molecule has 1 atom stereocenters. The van der Waals surface area contributed by atoms with Crippen LogP contribution >= 0.6 is 0 Å². The zero-order chi connectivity index (χ0) is 12.0. The minimum absolute atomic E-state index is 0.0354. The second-order valence-electron chi connectivity index (χ2n) is 3.95. The summed E-state index contributed by atoms with van der Waals surface area (Å²) in [5.74, 6) is -0.121. The summed E-state index contributed by atoms with van der Waals surface area (Å²) in [5, 5.41) is 6.93. The van der Waals surface area contributed by atoms with Crippen molar-refractivity contribution in [2.75, 3.05) is 13.1 Å². The Bertz CT molecular complexity index is 334. The minimum Gasteiger partial charge on any atom is -0.356 e. The van der Waals surface area contributed by atoms with Crippen LogP contribution in [0.5, 0.6) is 0 Å². The molecule has 0 saturated carbocycles. The summed E-state index contributed by atoms with van der Waals surface area (Å²) < 4.78 is 1.73. The number of hydrogen-bond donors (Lipinski definition) is 2. The van der Waals surface area contributed by atoms with Crippen LogP contribution in [0.2, 0.25) is 0 Å². The van der Waals surface area contributed by atoms with E-state index in [0.29, 0.717) is 19.5 Å². The van der Waals surface area contributed by atoms with E-state index >= 15 is 0 Å². The third-order valence-electron chi connectivity index (χ3n) is 2.44. The Morgan fingerprint density at radius 3 is 2.94 bits per heavy atom. The quantitative estimate of drug-likeness (QED) is 0.718. The fraction of sp³-hybridized carbons (Fsp3) is 0.636. The summed E-state index contributed by atoms with van der Waals surface area (Å²) in [5.41, 5.74) is 6.66. The maximum Gasteiger partial charge on any atom is 0.224 e. The number of hydrogen-bond acceptors (Lipinski definition) is 3. The van der Waals surface area contributed by atoms with Gasteiger partial charge in [-0.05, 0) is 18.4 Å². The summed E-state index contributed by atoms with van der Waals surface area (Å²) in [6.07, 6.45) is 5.28. The van der Waals surface area contributed by atoms with Gasteiger partial charge in [0, 0.05) is 26.3 Å². The summed E-state index contributed by atoms with van der Waals surface area (Å²) in [6.45, 7) is 3.10. The summed E-state index contributed by atoms with van der Waals surface area (Å²) in [7, 11) is 1.86. The van der Waals surface area contributed by atoms with E-state index in [0.717, 1.165) is 12.0 Å². The lowest BCUT2D eigenvalue weighted by atomic mass is 10.0. The van der Waals surface area contributed by atoms with Crippen molar-refractivity contribution < 1.29 is 4.79 Å². The van der Waals surface area contributed by atoms with Crippen molar-refractivity contribution in [2.45, 2.75) is 19.8 Å². The molecule has 1 aromatic heterocycles. The molecule has 0 aromatic carbocycles. The SMILES string of the molecule is CCCNC(=O)C(CN)Cc1cnn(C)c1. The van der Waals surface area contributed by atoms with Gasteiger partial charge in [-0.1, -0.05) is 6.92 Å². The summed E-state index contributed by atoms with van der Waals surface area (Å²) in [4.78, 5) is 11.7. The molecule has 0 fully saturated rings. The Hall–Kier alpha value is -1.36. The van der Waals surface area contributed by atoms with E-state index in [2.05, 4.69) is 10.4 Å². The van der Waals surface area contributed by atoms with Gasteiger partial charge >= 0.3 is 0 Å². The minimum atomic E-state index is -0.157. The smallest absolute Gasteiger partial charge is 0.224 e. The molecule has 0 spiro atoms. The largest absolute Gasteiger partial charge is 0.356 e. The van der Waals surface area contributed by atoms with Crippen LogP contribution in [0, 0.1) is 5.92 Å². The first kappa shape index (κ1) is 12.7. The molecule has 5 heteroatoms. The maximum absolute atomic E-state index is 11.7. The van der Waals surface area contributed by atoms with Crippen LogP contribution in [0.25, 0.3) is 0 Å². The number of nitrogens with zero attached hydrogens (tertiary/aromatic N) is 2. The molecule has 0 radical (unpaired) electrons. The van der Waals surface area contributed by atoms with E-state index < -0.39 is 0 Å². The zero-order valence-corrected chi connectivity index (χ0v) is 9.94. The molecule has 1 heterocycles. The number of amides is 1. The highest BCUT2D eigenvalue weighted by Crippen LogP contribution is 2.07. The highest BCUT2D eigenvalue weighted by Gasteiger charge is 2.17. The van der Waals surface area contributed by atoms with Crippen molar-refractivity contribution in [1.29, 1.82) is 0 Å². The van der Waals surface area contributed by atoms with E-state index in [1.807, 2.05) is 20.2 Å². The van der Waals surface area contributed by atoms with Gasteiger partial charge in [0.2, 0.25) is 5.91 Å². The average Bonchev–Trinajstić information content (AvgIpc) is 2.68. The number of rotatable bonds is 6. The Labute approximate surface area is 96.0 Å².